The van der Waals surface area contributed by atoms with Gasteiger partial charge in [0.05, 0.1) is 13.2 Å². The monoisotopic (exact) mass is 393 g/mol. The molecule has 150 valence electrons. The zero-order valence-electron chi connectivity index (χ0n) is 16.3. The zero-order chi connectivity index (χ0) is 20.6. The first kappa shape index (κ1) is 20.4. The van der Waals surface area contributed by atoms with Crippen molar-refractivity contribution in [2.24, 2.45) is 0 Å². The lowest BCUT2D eigenvalue weighted by atomic mass is 10.0. The van der Waals surface area contributed by atoms with Gasteiger partial charge in [-0.05, 0) is 61.4 Å². The number of benzene rings is 2. The Morgan fingerprint density at radius 2 is 1.76 bits per heavy atom. The number of ketones is 1. The fourth-order valence-electron chi connectivity index (χ4n) is 2.84. The van der Waals surface area contributed by atoms with Crippen LogP contribution in [0.3, 0.4) is 0 Å². The van der Waals surface area contributed by atoms with Crippen molar-refractivity contribution in [2.75, 3.05) is 20.2 Å². The fourth-order valence-corrected chi connectivity index (χ4v) is 2.84. The van der Waals surface area contributed by atoms with E-state index in [4.69, 9.17) is 14.6 Å². The van der Waals surface area contributed by atoms with Crippen LogP contribution in [0.25, 0.3) is 0 Å². The van der Waals surface area contributed by atoms with E-state index in [9.17, 15) is 9.59 Å². The molecule has 1 heterocycles. The van der Waals surface area contributed by atoms with Crippen LogP contribution in [0.1, 0.15) is 40.7 Å². The molecular weight excluding hydrogens is 370 g/mol. The lowest BCUT2D eigenvalue weighted by molar-refractivity contribution is -0.105. The number of carbonyl (C=O) groups excluding carboxylic acids is 1. The molecule has 1 unspecified atom stereocenters. The van der Waals surface area contributed by atoms with E-state index in [0.717, 1.165) is 36.3 Å². The minimum absolute atomic E-state index is 0.0874. The number of hydrogen-bond donors (Lipinski definition) is 1. The van der Waals surface area contributed by atoms with Crippen LogP contribution >= 0.6 is 0 Å². The summed E-state index contributed by atoms with van der Waals surface area (Å²) in [6, 6.07) is 14.0. The molecule has 1 atom stereocenters. The molecule has 6 nitrogen and oxygen atoms in total. The van der Waals surface area contributed by atoms with Crippen molar-refractivity contribution in [3.05, 3.63) is 65.2 Å². The van der Waals surface area contributed by atoms with Crippen LogP contribution < -0.4 is 4.74 Å². The van der Waals surface area contributed by atoms with Crippen molar-refractivity contribution in [3.63, 3.8) is 0 Å². The lowest BCUT2D eigenvalue weighted by Gasteiger charge is -2.23. The van der Waals surface area contributed by atoms with E-state index in [-0.39, 0.29) is 18.6 Å². The smallest absolute Gasteiger partial charge is 0.407 e. The molecule has 0 aromatic heterocycles. The highest BCUT2D eigenvalue weighted by Gasteiger charge is 2.15. The van der Waals surface area contributed by atoms with Gasteiger partial charge in [0.2, 0.25) is 0 Å². The first-order valence-electron chi connectivity index (χ1n) is 9.49. The minimum Gasteiger partial charge on any atom is -0.465 e. The van der Waals surface area contributed by atoms with Crippen molar-refractivity contribution < 1.29 is 24.2 Å². The SMILES string of the molecule is CN(CC#Cc1ccc(C(=O)c2ccc(OC3CCCCO3)cc2)cc1)C(=O)O. The number of carbonyl (C=O) groups is 2. The summed E-state index contributed by atoms with van der Waals surface area (Å²) in [6.07, 6.45) is 1.80. The Balaban J connectivity index is 1.59. The Labute approximate surface area is 170 Å². The number of amides is 1. The summed E-state index contributed by atoms with van der Waals surface area (Å²) in [5.41, 5.74) is 1.85. The van der Waals surface area contributed by atoms with Gasteiger partial charge in [0.25, 0.3) is 0 Å². The Kier molecular flexibility index (Phi) is 6.88. The van der Waals surface area contributed by atoms with Gasteiger partial charge in [-0.2, -0.15) is 0 Å². The molecule has 0 saturated carbocycles. The van der Waals surface area contributed by atoms with Crippen LogP contribution in [-0.2, 0) is 4.74 Å². The van der Waals surface area contributed by atoms with Crippen LogP contribution in [0.2, 0.25) is 0 Å². The Morgan fingerprint density at radius 1 is 1.10 bits per heavy atom. The Bertz CT molecular complexity index is 903. The van der Waals surface area contributed by atoms with E-state index in [1.165, 1.54) is 7.05 Å². The van der Waals surface area contributed by atoms with E-state index in [1.807, 2.05) is 0 Å². The normalized spacial score (nSPS) is 15.7. The molecule has 1 saturated heterocycles. The molecule has 0 aliphatic carbocycles. The Morgan fingerprint density at radius 3 is 2.34 bits per heavy atom. The summed E-state index contributed by atoms with van der Waals surface area (Å²) < 4.78 is 11.4. The average Bonchev–Trinajstić information content (AvgIpc) is 2.75. The summed E-state index contributed by atoms with van der Waals surface area (Å²) >= 11 is 0. The van der Waals surface area contributed by atoms with Crippen molar-refractivity contribution >= 4 is 11.9 Å². The summed E-state index contributed by atoms with van der Waals surface area (Å²) in [5, 5.41) is 8.79. The van der Waals surface area contributed by atoms with Gasteiger partial charge in [-0.25, -0.2) is 4.79 Å². The second kappa shape index (κ2) is 9.76. The number of carboxylic acid groups (broad SMARTS) is 1. The van der Waals surface area contributed by atoms with E-state index in [0.29, 0.717) is 16.9 Å². The quantitative estimate of drug-likeness (QED) is 0.618. The molecule has 6 heteroatoms. The van der Waals surface area contributed by atoms with Crippen molar-refractivity contribution in [1.29, 1.82) is 0 Å². The molecular formula is C23H23NO5. The number of nitrogens with zero attached hydrogens (tertiary/aromatic N) is 1. The van der Waals surface area contributed by atoms with Gasteiger partial charge in [0, 0.05) is 30.2 Å². The van der Waals surface area contributed by atoms with Gasteiger partial charge in [-0.15, -0.1) is 0 Å². The maximum absolute atomic E-state index is 12.7. The van der Waals surface area contributed by atoms with Gasteiger partial charge in [-0.1, -0.05) is 11.8 Å². The standard InChI is InChI=1S/C23H23NO5/c1-24(23(26)27)15-4-5-17-7-9-18(10-8-17)22(25)19-11-13-20(14-12-19)29-21-6-2-3-16-28-21/h7-14,21H,2-3,6,15-16H2,1H3,(H,26,27). The second-order valence-electron chi connectivity index (χ2n) is 6.79. The molecule has 1 amide bonds. The first-order chi connectivity index (χ1) is 14.0. The van der Waals surface area contributed by atoms with Gasteiger partial charge in [0.1, 0.15) is 5.75 Å². The highest BCUT2D eigenvalue weighted by molar-refractivity contribution is 6.09. The highest BCUT2D eigenvalue weighted by Crippen LogP contribution is 2.20. The van der Waals surface area contributed by atoms with E-state index in [1.54, 1.807) is 48.5 Å². The summed E-state index contributed by atoms with van der Waals surface area (Å²) in [6.45, 7) is 0.841. The third-order valence-electron chi connectivity index (χ3n) is 4.54. The van der Waals surface area contributed by atoms with Crippen LogP contribution in [0, 0.1) is 11.8 Å². The van der Waals surface area contributed by atoms with Gasteiger partial charge < -0.3 is 19.5 Å². The number of hydrogen-bond acceptors (Lipinski definition) is 4. The maximum Gasteiger partial charge on any atom is 0.407 e. The van der Waals surface area contributed by atoms with E-state index in [2.05, 4.69) is 11.8 Å². The number of ether oxygens (including phenoxy) is 2. The van der Waals surface area contributed by atoms with Crippen LogP contribution in [0.5, 0.6) is 5.75 Å². The molecule has 2 aromatic rings. The van der Waals surface area contributed by atoms with Crippen LogP contribution in [0.15, 0.2) is 48.5 Å². The van der Waals surface area contributed by atoms with E-state index < -0.39 is 6.09 Å². The Hall–Kier alpha value is -3.30. The molecule has 1 aliphatic rings. The average molecular weight is 393 g/mol. The predicted molar refractivity (Wildman–Crippen MR) is 108 cm³/mol. The molecule has 0 radical (unpaired) electrons. The van der Waals surface area contributed by atoms with Crippen molar-refractivity contribution in [3.8, 4) is 17.6 Å². The maximum atomic E-state index is 12.7. The van der Waals surface area contributed by atoms with Crippen LogP contribution in [0.4, 0.5) is 4.79 Å². The zero-order valence-corrected chi connectivity index (χ0v) is 16.3. The van der Waals surface area contributed by atoms with Gasteiger partial charge in [0.15, 0.2) is 12.1 Å². The summed E-state index contributed by atoms with van der Waals surface area (Å²) in [4.78, 5) is 24.5. The molecule has 1 N–H and O–H groups in total. The molecule has 0 spiro atoms. The molecule has 29 heavy (non-hydrogen) atoms. The van der Waals surface area contributed by atoms with Crippen molar-refractivity contribution in [1.82, 2.24) is 4.90 Å². The topological polar surface area (TPSA) is 76.1 Å². The summed E-state index contributed by atoms with van der Waals surface area (Å²) in [7, 11) is 1.46. The molecule has 1 fully saturated rings. The third-order valence-corrected chi connectivity index (χ3v) is 4.54. The minimum atomic E-state index is -1.03. The van der Waals surface area contributed by atoms with Crippen molar-refractivity contribution in [2.45, 2.75) is 25.6 Å². The highest BCUT2D eigenvalue weighted by atomic mass is 16.7. The second-order valence-corrected chi connectivity index (χ2v) is 6.79. The van der Waals surface area contributed by atoms with Gasteiger partial charge in [-0.3, -0.25) is 4.79 Å². The summed E-state index contributed by atoms with van der Waals surface area (Å²) in [5.74, 6) is 6.27. The molecule has 3 rings (SSSR count). The molecule has 1 aliphatic heterocycles. The third kappa shape index (κ3) is 5.84. The van der Waals surface area contributed by atoms with E-state index >= 15 is 0 Å². The fraction of sp³-hybridized carbons (Fsp3) is 0.304. The largest absolute Gasteiger partial charge is 0.465 e. The van der Waals surface area contributed by atoms with Crippen LogP contribution in [-0.4, -0.2) is 48.4 Å². The first-order valence-corrected chi connectivity index (χ1v) is 9.49. The molecule has 2 aromatic carbocycles. The lowest BCUT2D eigenvalue weighted by Crippen LogP contribution is -2.24. The number of rotatable bonds is 5. The van der Waals surface area contributed by atoms with Gasteiger partial charge >= 0.3 is 6.09 Å². The predicted octanol–water partition coefficient (Wildman–Crippen LogP) is 3.78. The molecule has 0 bridgehead atoms.